The maximum Gasteiger partial charge on any atom is 0.240 e. The lowest BCUT2D eigenvalue weighted by Gasteiger charge is -2.31. The van der Waals surface area contributed by atoms with Crippen LogP contribution in [0.15, 0.2) is 17.5 Å². The van der Waals surface area contributed by atoms with Crippen molar-refractivity contribution in [1.82, 2.24) is 10.2 Å². The number of rotatable bonds is 3. The molecule has 5 nitrogen and oxygen atoms in total. The van der Waals surface area contributed by atoms with Gasteiger partial charge in [0.15, 0.2) is 0 Å². The topological polar surface area (TPSA) is 75.4 Å². The van der Waals surface area contributed by atoms with E-state index in [1.54, 1.807) is 11.3 Å². The number of hydrogen-bond acceptors (Lipinski definition) is 5. The van der Waals surface area contributed by atoms with Crippen LogP contribution in [-0.4, -0.2) is 36.3 Å². The number of nitrogens with one attached hydrogen (secondary N) is 1. The molecule has 1 fully saturated rings. The molecule has 0 saturated carbocycles. The standard InChI is InChI=1S/C10H13N3O2S/c11-4-7(8-2-1-3-16-8)13-5-9(14)12-10(15)6-13/h1-3,7H,4-6,11H2,(H,12,14,15). The molecule has 3 N–H and O–H groups in total. The highest BCUT2D eigenvalue weighted by Gasteiger charge is 2.28. The summed E-state index contributed by atoms with van der Waals surface area (Å²) in [5.74, 6) is -0.516. The van der Waals surface area contributed by atoms with Crippen LogP contribution < -0.4 is 11.1 Å². The average molecular weight is 239 g/mol. The number of carbonyl (C=O) groups is 2. The molecule has 1 aliphatic rings. The fourth-order valence-corrected chi connectivity index (χ4v) is 2.68. The lowest BCUT2D eigenvalue weighted by molar-refractivity contribution is -0.137. The quantitative estimate of drug-likeness (QED) is 0.711. The van der Waals surface area contributed by atoms with Gasteiger partial charge in [0.1, 0.15) is 0 Å². The second-order valence-corrected chi connectivity index (χ2v) is 4.62. The van der Waals surface area contributed by atoms with Gasteiger partial charge >= 0.3 is 0 Å². The number of amides is 2. The minimum Gasteiger partial charge on any atom is -0.329 e. The number of imide groups is 1. The Morgan fingerprint density at radius 2 is 2.12 bits per heavy atom. The molecule has 0 aliphatic carbocycles. The van der Waals surface area contributed by atoms with Crippen molar-refractivity contribution >= 4 is 23.2 Å². The summed E-state index contributed by atoms with van der Waals surface area (Å²) in [7, 11) is 0. The smallest absolute Gasteiger partial charge is 0.240 e. The predicted molar refractivity (Wildman–Crippen MR) is 60.8 cm³/mol. The Morgan fingerprint density at radius 1 is 1.44 bits per heavy atom. The molecule has 86 valence electrons. The van der Waals surface area contributed by atoms with Crippen molar-refractivity contribution in [3.8, 4) is 0 Å². The molecule has 16 heavy (non-hydrogen) atoms. The summed E-state index contributed by atoms with van der Waals surface area (Å²) in [4.78, 5) is 25.4. The SMILES string of the molecule is NCC(c1cccs1)N1CC(=O)NC(=O)C1. The summed E-state index contributed by atoms with van der Waals surface area (Å²) in [6, 6.07) is 3.86. The number of nitrogens with two attached hydrogens (primary N) is 1. The molecule has 1 atom stereocenters. The van der Waals surface area contributed by atoms with Gasteiger partial charge in [-0.1, -0.05) is 6.07 Å². The Balaban J connectivity index is 2.15. The van der Waals surface area contributed by atoms with Crippen LogP contribution in [0, 0.1) is 0 Å². The Bertz CT molecular complexity index is 375. The van der Waals surface area contributed by atoms with E-state index in [9.17, 15) is 9.59 Å². The third kappa shape index (κ3) is 2.29. The second-order valence-electron chi connectivity index (χ2n) is 3.64. The molecule has 2 amide bonds. The average Bonchev–Trinajstić information content (AvgIpc) is 2.70. The van der Waals surface area contributed by atoms with Gasteiger partial charge in [-0.25, -0.2) is 0 Å². The summed E-state index contributed by atoms with van der Waals surface area (Å²) >= 11 is 1.59. The van der Waals surface area contributed by atoms with E-state index in [4.69, 9.17) is 5.73 Å². The first-order chi connectivity index (χ1) is 7.70. The van der Waals surface area contributed by atoms with Gasteiger partial charge < -0.3 is 5.73 Å². The molecule has 1 aromatic rings. The molecule has 0 spiro atoms. The Morgan fingerprint density at radius 3 is 2.62 bits per heavy atom. The lowest BCUT2D eigenvalue weighted by Crippen LogP contribution is -2.53. The van der Waals surface area contributed by atoms with Crippen LogP contribution in [0.25, 0.3) is 0 Å². The molecule has 2 heterocycles. The molecule has 0 aromatic carbocycles. The maximum absolute atomic E-state index is 11.3. The van der Waals surface area contributed by atoms with Gasteiger partial charge in [-0.15, -0.1) is 11.3 Å². The minimum atomic E-state index is -0.258. The molecule has 2 rings (SSSR count). The molecule has 1 saturated heterocycles. The van der Waals surface area contributed by atoms with E-state index in [-0.39, 0.29) is 30.9 Å². The van der Waals surface area contributed by atoms with Crippen molar-refractivity contribution in [1.29, 1.82) is 0 Å². The zero-order chi connectivity index (χ0) is 11.5. The van der Waals surface area contributed by atoms with Gasteiger partial charge in [-0.2, -0.15) is 0 Å². The summed E-state index contributed by atoms with van der Waals surface area (Å²) in [6.45, 7) is 0.859. The van der Waals surface area contributed by atoms with Crippen LogP contribution in [-0.2, 0) is 9.59 Å². The van der Waals surface area contributed by atoms with Crippen molar-refractivity contribution in [3.63, 3.8) is 0 Å². The third-order valence-electron chi connectivity index (χ3n) is 2.51. The fraction of sp³-hybridized carbons (Fsp3) is 0.400. The number of hydrogen-bond donors (Lipinski definition) is 2. The molecule has 6 heteroatoms. The third-order valence-corrected chi connectivity index (χ3v) is 3.48. The number of thiophene rings is 1. The Hall–Kier alpha value is -1.24. The van der Waals surface area contributed by atoms with Gasteiger partial charge in [0.25, 0.3) is 0 Å². The number of carbonyl (C=O) groups excluding carboxylic acids is 2. The highest BCUT2D eigenvalue weighted by Crippen LogP contribution is 2.24. The summed E-state index contributed by atoms with van der Waals surface area (Å²) in [5, 5.41) is 4.24. The van der Waals surface area contributed by atoms with Gasteiger partial charge in [0.2, 0.25) is 11.8 Å². The first-order valence-electron chi connectivity index (χ1n) is 5.01. The van der Waals surface area contributed by atoms with Gasteiger partial charge in [0.05, 0.1) is 19.1 Å². The molecule has 1 unspecified atom stereocenters. The molecule has 1 aromatic heterocycles. The molecule has 1 aliphatic heterocycles. The van der Waals surface area contributed by atoms with Crippen molar-refractivity contribution in [2.24, 2.45) is 5.73 Å². The summed E-state index contributed by atoms with van der Waals surface area (Å²) in [6.07, 6.45) is 0. The largest absolute Gasteiger partial charge is 0.329 e. The van der Waals surface area contributed by atoms with Crippen LogP contribution in [0.5, 0.6) is 0 Å². The van der Waals surface area contributed by atoms with E-state index in [0.717, 1.165) is 4.88 Å². The molecular weight excluding hydrogens is 226 g/mol. The normalized spacial score (nSPS) is 19.6. The monoisotopic (exact) mass is 239 g/mol. The highest BCUT2D eigenvalue weighted by atomic mass is 32.1. The zero-order valence-electron chi connectivity index (χ0n) is 8.68. The van der Waals surface area contributed by atoms with Crippen LogP contribution in [0.2, 0.25) is 0 Å². The number of piperazine rings is 1. The van der Waals surface area contributed by atoms with Crippen LogP contribution in [0.4, 0.5) is 0 Å². The van der Waals surface area contributed by atoms with Crippen LogP contribution in [0.3, 0.4) is 0 Å². The van der Waals surface area contributed by atoms with Crippen molar-refractivity contribution in [3.05, 3.63) is 22.4 Å². The van der Waals surface area contributed by atoms with Crippen molar-refractivity contribution in [2.45, 2.75) is 6.04 Å². The second kappa shape index (κ2) is 4.73. The number of nitrogens with zero attached hydrogens (tertiary/aromatic N) is 1. The minimum absolute atomic E-state index is 0.0463. The van der Waals surface area contributed by atoms with E-state index in [0.29, 0.717) is 6.54 Å². The van der Waals surface area contributed by atoms with Gasteiger partial charge in [-0.3, -0.25) is 19.8 Å². The van der Waals surface area contributed by atoms with E-state index < -0.39 is 0 Å². The van der Waals surface area contributed by atoms with E-state index in [2.05, 4.69) is 5.32 Å². The van der Waals surface area contributed by atoms with E-state index in [1.165, 1.54) is 0 Å². The first kappa shape index (κ1) is 11.3. The predicted octanol–water partition coefficient (Wildman–Crippen LogP) is -0.294. The van der Waals surface area contributed by atoms with Gasteiger partial charge in [-0.05, 0) is 11.4 Å². The van der Waals surface area contributed by atoms with Crippen LogP contribution >= 0.6 is 11.3 Å². The van der Waals surface area contributed by atoms with Crippen LogP contribution in [0.1, 0.15) is 10.9 Å². The fourth-order valence-electron chi connectivity index (χ4n) is 1.81. The Labute approximate surface area is 97.2 Å². The Kier molecular flexibility index (Phi) is 3.33. The van der Waals surface area contributed by atoms with E-state index >= 15 is 0 Å². The zero-order valence-corrected chi connectivity index (χ0v) is 9.50. The summed E-state index contributed by atoms with van der Waals surface area (Å²) < 4.78 is 0. The lowest BCUT2D eigenvalue weighted by atomic mass is 10.2. The highest BCUT2D eigenvalue weighted by molar-refractivity contribution is 7.10. The first-order valence-corrected chi connectivity index (χ1v) is 5.89. The van der Waals surface area contributed by atoms with Crippen molar-refractivity contribution < 1.29 is 9.59 Å². The molecule has 0 radical (unpaired) electrons. The van der Waals surface area contributed by atoms with E-state index in [1.807, 2.05) is 22.4 Å². The summed E-state index contributed by atoms with van der Waals surface area (Å²) in [5.41, 5.74) is 5.71. The van der Waals surface area contributed by atoms with Crippen molar-refractivity contribution in [2.75, 3.05) is 19.6 Å². The molecule has 0 bridgehead atoms. The van der Waals surface area contributed by atoms with Gasteiger partial charge in [0, 0.05) is 11.4 Å². The molecular formula is C10H13N3O2S. The maximum atomic E-state index is 11.3.